The number of anilines is 1. The van der Waals surface area contributed by atoms with E-state index in [1.54, 1.807) is 0 Å². The van der Waals surface area contributed by atoms with E-state index in [9.17, 15) is 0 Å². The van der Waals surface area contributed by atoms with E-state index >= 15 is 0 Å². The van der Waals surface area contributed by atoms with Gasteiger partial charge in [-0.3, -0.25) is 0 Å². The van der Waals surface area contributed by atoms with Gasteiger partial charge in [0.1, 0.15) is 0 Å². The Bertz CT molecular complexity index is 378. The number of nitrogens with zero attached hydrogens (tertiary/aromatic N) is 1. The van der Waals surface area contributed by atoms with Crippen LogP contribution < -0.4 is 5.32 Å². The maximum atomic E-state index is 8.77. The Morgan fingerprint density at radius 2 is 2.44 bits per heavy atom. The van der Waals surface area contributed by atoms with Crippen LogP contribution in [-0.2, 0) is 4.74 Å². The average Bonchev–Trinajstić information content (AvgIpc) is 2.82. The van der Waals surface area contributed by atoms with Crippen molar-refractivity contribution < 1.29 is 4.74 Å². The molecule has 1 aromatic carbocycles. The van der Waals surface area contributed by atoms with Gasteiger partial charge in [0, 0.05) is 25.4 Å². The monoisotopic (exact) mass is 216 g/mol. The van der Waals surface area contributed by atoms with E-state index in [1.807, 2.05) is 24.3 Å². The zero-order valence-corrected chi connectivity index (χ0v) is 9.28. The van der Waals surface area contributed by atoms with E-state index in [1.165, 1.54) is 6.42 Å². The Hall–Kier alpha value is -1.53. The Morgan fingerprint density at radius 3 is 3.19 bits per heavy atom. The van der Waals surface area contributed by atoms with Crippen molar-refractivity contribution in [3.63, 3.8) is 0 Å². The van der Waals surface area contributed by atoms with Gasteiger partial charge in [-0.1, -0.05) is 6.07 Å². The molecule has 2 rings (SSSR count). The standard InChI is InChI=1S/C13H16N2O/c14-9-12-2-1-3-13(8-12)15-6-4-11-5-7-16-10-11/h1-3,8,11,15H,4-7,10H2. The molecule has 0 bridgehead atoms. The normalized spacial score (nSPS) is 19.3. The van der Waals surface area contributed by atoms with Gasteiger partial charge in [-0.15, -0.1) is 0 Å². The second-order valence-corrected chi connectivity index (χ2v) is 4.14. The minimum absolute atomic E-state index is 0.701. The van der Waals surface area contributed by atoms with Gasteiger partial charge >= 0.3 is 0 Å². The molecule has 3 heteroatoms. The summed E-state index contributed by atoms with van der Waals surface area (Å²) in [7, 11) is 0. The quantitative estimate of drug-likeness (QED) is 0.840. The van der Waals surface area contributed by atoms with Crippen molar-refractivity contribution in [2.45, 2.75) is 12.8 Å². The van der Waals surface area contributed by atoms with Crippen LogP contribution in [-0.4, -0.2) is 19.8 Å². The number of hydrogen-bond acceptors (Lipinski definition) is 3. The first-order chi connectivity index (χ1) is 7.88. The number of nitrogens with one attached hydrogen (secondary N) is 1. The van der Waals surface area contributed by atoms with E-state index in [2.05, 4.69) is 11.4 Å². The van der Waals surface area contributed by atoms with Gasteiger partial charge in [0.05, 0.1) is 11.6 Å². The van der Waals surface area contributed by atoms with Crippen LogP contribution in [0.1, 0.15) is 18.4 Å². The summed E-state index contributed by atoms with van der Waals surface area (Å²) in [4.78, 5) is 0. The first-order valence-electron chi connectivity index (χ1n) is 5.70. The lowest BCUT2D eigenvalue weighted by molar-refractivity contribution is 0.185. The van der Waals surface area contributed by atoms with Gasteiger partial charge in [0.15, 0.2) is 0 Å². The molecule has 1 unspecified atom stereocenters. The predicted octanol–water partition coefficient (Wildman–Crippen LogP) is 2.40. The maximum absolute atomic E-state index is 8.77. The molecule has 1 saturated heterocycles. The SMILES string of the molecule is N#Cc1cccc(NCCC2CCOC2)c1. The number of ether oxygens (including phenoxy) is 1. The van der Waals surface area contributed by atoms with Crippen LogP contribution in [0.2, 0.25) is 0 Å². The van der Waals surface area contributed by atoms with Crippen LogP contribution in [0.3, 0.4) is 0 Å². The summed E-state index contributed by atoms with van der Waals surface area (Å²) in [6, 6.07) is 9.73. The third-order valence-electron chi connectivity index (χ3n) is 2.90. The molecule has 16 heavy (non-hydrogen) atoms. The van der Waals surface area contributed by atoms with Crippen molar-refractivity contribution in [1.29, 1.82) is 5.26 Å². The minimum Gasteiger partial charge on any atom is -0.385 e. The molecule has 0 aromatic heterocycles. The van der Waals surface area contributed by atoms with Crippen LogP contribution in [0.25, 0.3) is 0 Å². The molecule has 1 aliphatic heterocycles. The van der Waals surface area contributed by atoms with E-state index in [0.717, 1.165) is 31.9 Å². The summed E-state index contributed by atoms with van der Waals surface area (Å²) in [5.41, 5.74) is 1.73. The lowest BCUT2D eigenvalue weighted by Crippen LogP contribution is -2.08. The van der Waals surface area contributed by atoms with E-state index < -0.39 is 0 Å². The summed E-state index contributed by atoms with van der Waals surface area (Å²) in [6.45, 7) is 2.76. The molecule has 1 aliphatic rings. The fourth-order valence-corrected chi connectivity index (χ4v) is 1.93. The smallest absolute Gasteiger partial charge is 0.0992 e. The Labute approximate surface area is 96.0 Å². The summed E-state index contributed by atoms with van der Waals surface area (Å²) >= 11 is 0. The summed E-state index contributed by atoms with van der Waals surface area (Å²) in [5, 5.41) is 12.1. The zero-order valence-electron chi connectivity index (χ0n) is 9.28. The number of hydrogen-bond donors (Lipinski definition) is 1. The van der Waals surface area contributed by atoms with E-state index in [4.69, 9.17) is 10.00 Å². The average molecular weight is 216 g/mol. The first-order valence-corrected chi connectivity index (χ1v) is 5.70. The molecule has 0 amide bonds. The van der Waals surface area contributed by atoms with Gasteiger partial charge in [0.25, 0.3) is 0 Å². The lowest BCUT2D eigenvalue weighted by Gasteiger charge is -2.09. The van der Waals surface area contributed by atoms with Crippen molar-refractivity contribution in [2.24, 2.45) is 5.92 Å². The molecule has 0 aliphatic carbocycles. The van der Waals surface area contributed by atoms with Crippen LogP contribution >= 0.6 is 0 Å². The Morgan fingerprint density at radius 1 is 1.50 bits per heavy atom. The number of rotatable bonds is 4. The maximum Gasteiger partial charge on any atom is 0.0992 e. The Kier molecular flexibility index (Phi) is 3.79. The van der Waals surface area contributed by atoms with E-state index in [-0.39, 0.29) is 0 Å². The first kappa shape index (κ1) is 11.0. The molecule has 1 heterocycles. The molecule has 1 atom stereocenters. The third-order valence-corrected chi connectivity index (χ3v) is 2.90. The number of nitriles is 1. The van der Waals surface area contributed by atoms with Gasteiger partial charge in [-0.2, -0.15) is 5.26 Å². The highest BCUT2D eigenvalue weighted by Gasteiger charge is 2.14. The number of benzene rings is 1. The van der Waals surface area contributed by atoms with Crippen molar-refractivity contribution in [3.8, 4) is 6.07 Å². The fourth-order valence-electron chi connectivity index (χ4n) is 1.93. The minimum atomic E-state index is 0.701. The topological polar surface area (TPSA) is 45.0 Å². The lowest BCUT2D eigenvalue weighted by atomic mass is 10.1. The molecular weight excluding hydrogens is 200 g/mol. The largest absolute Gasteiger partial charge is 0.385 e. The molecule has 84 valence electrons. The second-order valence-electron chi connectivity index (χ2n) is 4.14. The summed E-state index contributed by atoms with van der Waals surface area (Å²) in [6.07, 6.45) is 2.32. The predicted molar refractivity (Wildman–Crippen MR) is 63.2 cm³/mol. The summed E-state index contributed by atoms with van der Waals surface area (Å²) < 4.78 is 5.33. The fraction of sp³-hybridized carbons (Fsp3) is 0.462. The van der Waals surface area contributed by atoms with Crippen LogP contribution in [0, 0.1) is 17.2 Å². The second kappa shape index (κ2) is 5.53. The van der Waals surface area contributed by atoms with Gasteiger partial charge < -0.3 is 10.1 Å². The van der Waals surface area contributed by atoms with Crippen LogP contribution in [0.15, 0.2) is 24.3 Å². The zero-order chi connectivity index (χ0) is 11.2. The highest BCUT2D eigenvalue weighted by Crippen LogP contribution is 2.17. The molecule has 3 nitrogen and oxygen atoms in total. The van der Waals surface area contributed by atoms with Gasteiger partial charge in [-0.05, 0) is 37.0 Å². The van der Waals surface area contributed by atoms with Crippen molar-refractivity contribution in [1.82, 2.24) is 0 Å². The molecule has 0 spiro atoms. The molecule has 1 aromatic rings. The Balaban J connectivity index is 1.78. The van der Waals surface area contributed by atoms with Crippen molar-refractivity contribution in [2.75, 3.05) is 25.1 Å². The van der Waals surface area contributed by atoms with Crippen LogP contribution in [0.4, 0.5) is 5.69 Å². The highest BCUT2D eigenvalue weighted by atomic mass is 16.5. The molecular formula is C13H16N2O. The van der Waals surface area contributed by atoms with Crippen molar-refractivity contribution in [3.05, 3.63) is 29.8 Å². The third kappa shape index (κ3) is 2.98. The summed E-state index contributed by atoms with van der Waals surface area (Å²) in [5.74, 6) is 0.701. The molecule has 1 fully saturated rings. The molecule has 1 N–H and O–H groups in total. The molecule has 0 saturated carbocycles. The van der Waals surface area contributed by atoms with Crippen molar-refractivity contribution >= 4 is 5.69 Å². The van der Waals surface area contributed by atoms with E-state index in [0.29, 0.717) is 11.5 Å². The molecule has 0 radical (unpaired) electrons. The van der Waals surface area contributed by atoms with Gasteiger partial charge in [-0.25, -0.2) is 0 Å². The van der Waals surface area contributed by atoms with Crippen LogP contribution in [0.5, 0.6) is 0 Å². The van der Waals surface area contributed by atoms with Gasteiger partial charge in [0.2, 0.25) is 0 Å². The highest BCUT2D eigenvalue weighted by molar-refractivity contribution is 5.48.